The summed E-state index contributed by atoms with van der Waals surface area (Å²) in [7, 11) is 2.00. The van der Waals surface area contributed by atoms with E-state index in [4.69, 9.17) is 0 Å². The summed E-state index contributed by atoms with van der Waals surface area (Å²) in [6.45, 7) is 2.02. The lowest BCUT2D eigenvalue weighted by Crippen LogP contribution is -2.60. The number of hydrogen-bond donors (Lipinski definition) is 2. The Bertz CT molecular complexity index is 281. The molecule has 2 N–H and O–H groups in total. The Morgan fingerprint density at radius 2 is 2.27 bits per heavy atom. The molecule has 2 aliphatic heterocycles. The van der Waals surface area contributed by atoms with Gasteiger partial charge in [0.05, 0.1) is 6.10 Å². The van der Waals surface area contributed by atoms with E-state index in [9.17, 15) is 15.0 Å². The van der Waals surface area contributed by atoms with Crippen molar-refractivity contribution in [2.75, 3.05) is 7.05 Å². The van der Waals surface area contributed by atoms with Crippen molar-refractivity contribution >= 4 is 5.97 Å². The third-order valence-corrected chi connectivity index (χ3v) is 4.52. The minimum absolute atomic E-state index is 0.311. The zero-order chi connectivity index (χ0) is 11.2. The lowest BCUT2D eigenvalue weighted by Gasteiger charge is -2.48. The molecule has 2 heterocycles. The Kier molecular flexibility index (Phi) is 2.51. The number of aliphatic carboxylic acids is 1. The molecule has 0 saturated carbocycles. The summed E-state index contributed by atoms with van der Waals surface area (Å²) in [5, 5.41) is 19.2. The van der Waals surface area contributed by atoms with Crippen LogP contribution in [-0.4, -0.2) is 45.8 Å². The van der Waals surface area contributed by atoms with Crippen molar-refractivity contribution in [3.05, 3.63) is 0 Å². The second kappa shape index (κ2) is 3.46. The maximum atomic E-state index is 11.3. The summed E-state index contributed by atoms with van der Waals surface area (Å²) in [6.07, 6.45) is 2.65. The van der Waals surface area contributed by atoms with Crippen LogP contribution in [0.1, 0.15) is 32.6 Å². The first-order valence-electron chi connectivity index (χ1n) is 5.66. The summed E-state index contributed by atoms with van der Waals surface area (Å²) < 4.78 is 0. The number of fused-ring (bicyclic) bond motifs is 2. The number of nitrogens with zero attached hydrogens (tertiary/aromatic N) is 1. The summed E-state index contributed by atoms with van der Waals surface area (Å²) in [6, 6.07) is 0.371. The molecule has 86 valence electrons. The number of carboxylic acids is 1. The lowest BCUT2D eigenvalue weighted by molar-refractivity contribution is -0.159. The second-order valence-electron chi connectivity index (χ2n) is 4.88. The average molecular weight is 213 g/mol. The first-order chi connectivity index (χ1) is 7.03. The van der Waals surface area contributed by atoms with Gasteiger partial charge in [0.25, 0.3) is 0 Å². The number of hydrogen-bond acceptors (Lipinski definition) is 3. The van der Waals surface area contributed by atoms with Gasteiger partial charge >= 0.3 is 5.97 Å². The monoisotopic (exact) mass is 213 g/mol. The molecule has 0 aromatic carbocycles. The number of aliphatic hydroxyl groups excluding tert-OH is 1. The number of carbonyl (C=O) groups is 1. The zero-order valence-corrected chi connectivity index (χ0v) is 9.31. The maximum absolute atomic E-state index is 11.3. The van der Waals surface area contributed by atoms with Gasteiger partial charge < -0.3 is 10.2 Å². The average Bonchev–Trinajstić information content (AvgIpc) is 2.41. The minimum atomic E-state index is -0.850. The molecule has 2 aliphatic rings. The molecule has 0 unspecified atom stereocenters. The summed E-state index contributed by atoms with van der Waals surface area (Å²) >= 11 is 0. The van der Waals surface area contributed by atoms with Crippen LogP contribution in [-0.2, 0) is 4.79 Å². The summed E-state index contributed by atoms with van der Waals surface area (Å²) in [5.74, 6) is -1.47. The van der Waals surface area contributed by atoms with E-state index in [0.29, 0.717) is 12.5 Å². The van der Waals surface area contributed by atoms with Crippen molar-refractivity contribution in [2.24, 2.45) is 5.92 Å². The van der Waals surface area contributed by atoms with Gasteiger partial charge in [0, 0.05) is 11.6 Å². The third-order valence-electron chi connectivity index (χ3n) is 4.52. The van der Waals surface area contributed by atoms with Crippen LogP contribution in [0.25, 0.3) is 0 Å². The fourth-order valence-corrected chi connectivity index (χ4v) is 3.61. The van der Waals surface area contributed by atoms with E-state index in [1.54, 1.807) is 0 Å². The van der Waals surface area contributed by atoms with Crippen LogP contribution in [0, 0.1) is 5.92 Å². The van der Waals surface area contributed by atoms with Crippen LogP contribution in [0.15, 0.2) is 0 Å². The third kappa shape index (κ3) is 1.31. The first kappa shape index (κ1) is 10.9. The molecular weight excluding hydrogens is 194 g/mol. The lowest BCUT2D eigenvalue weighted by atomic mass is 9.74. The largest absolute Gasteiger partial charge is 0.481 e. The smallest absolute Gasteiger partial charge is 0.311 e. The van der Waals surface area contributed by atoms with Crippen LogP contribution in [0.3, 0.4) is 0 Å². The summed E-state index contributed by atoms with van der Waals surface area (Å²) in [5.41, 5.74) is -0.311. The van der Waals surface area contributed by atoms with Gasteiger partial charge in [-0.3, -0.25) is 9.69 Å². The van der Waals surface area contributed by atoms with Gasteiger partial charge in [-0.2, -0.15) is 0 Å². The van der Waals surface area contributed by atoms with Crippen molar-refractivity contribution in [2.45, 2.75) is 50.3 Å². The maximum Gasteiger partial charge on any atom is 0.311 e. The van der Waals surface area contributed by atoms with Crippen molar-refractivity contribution in [1.82, 2.24) is 4.90 Å². The van der Waals surface area contributed by atoms with Crippen molar-refractivity contribution in [3.8, 4) is 0 Å². The number of rotatable bonds is 2. The Hall–Kier alpha value is -0.610. The molecule has 0 aromatic rings. The van der Waals surface area contributed by atoms with Gasteiger partial charge in [-0.15, -0.1) is 0 Å². The van der Waals surface area contributed by atoms with E-state index in [-0.39, 0.29) is 5.54 Å². The van der Waals surface area contributed by atoms with E-state index in [2.05, 4.69) is 4.90 Å². The predicted octanol–water partition coefficient (Wildman–Crippen LogP) is 0.695. The molecule has 0 amide bonds. The normalized spacial score (nSPS) is 45.7. The highest BCUT2D eigenvalue weighted by molar-refractivity contribution is 5.73. The van der Waals surface area contributed by atoms with E-state index >= 15 is 0 Å². The number of piperidine rings is 1. The van der Waals surface area contributed by atoms with Crippen LogP contribution >= 0.6 is 0 Å². The molecule has 4 heteroatoms. The van der Waals surface area contributed by atoms with Crippen LogP contribution in [0.2, 0.25) is 0 Å². The van der Waals surface area contributed by atoms with Crippen LogP contribution in [0.4, 0.5) is 0 Å². The first-order valence-corrected chi connectivity index (χ1v) is 5.66. The van der Waals surface area contributed by atoms with E-state index < -0.39 is 18.0 Å². The van der Waals surface area contributed by atoms with Crippen molar-refractivity contribution in [1.29, 1.82) is 0 Å². The molecule has 2 rings (SSSR count). The van der Waals surface area contributed by atoms with Crippen molar-refractivity contribution < 1.29 is 15.0 Å². The van der Waals surface area contributed by atoms with Gasteiger partial charge in [0.1, 0.15) is 5.92 Å². The highest BCUT2D eigenvalue weighted by atomic mass is 16.4. The van der Waals surface area contributed by atoms with Gasteiger partial charge in [-0.25, -0.2) is 0 Å². The molecule has 0 aliphatic carbocycles. The highest BCUT2D eigenvalue weighted by Gasteiger charge is 2.57. The molecule has 15 heavy (non-hydrogen) atoms. The Balaban J connectivity index is 2.38. The minimum Gasteiger partial charge on any atom is -0.481 e. The molecule has 2 saturated heterocycles. The van der Waals surface area contributed by atoms with Crippen LogP contribution in [0.5, 0.6) is 0 Å². The fraction of sp³-hybridized carbons (Fsp3) is 0.909. The highest BCUT2D eigenvalue weighted by Crippen LogP contribution is 2.48. The van der Waals surface area contributed by atoms with Gasteiger partial charge in [-0.05, 0) is 32.7 Å². The molecular formula is C11H19NO3. The summed E-state index contributed by atoms with van der Waals surface area (Å²) in [4.78, 5) is 13.5. The quantitative estimate of drug-likeness (QED) is 0.708. The molecule has 0 spiro atoms. The Labute approximate surface area is 89.9 Å². The molecule has 2 fully saturated rings. The standard InChI is InChI=1S/C11H19NO3/c1-3-11-5-4-7(12(11)2)6-8(13)9(11)10(14)15/h7-9,13H,3-6H2,1-2H3,(H,14,15)/t7-,8-,9+,11+/m0/s1. The van der Waals surface area contributed by atoms with Crippen LogP contribution < -0.4 is 0 Å². The van der Waals surface area contributed by atoms with Gasteiger partial charge in [-0.1, -0.05) is 6.92 Å². The Morgan fingerprint density at radius 1 is 1.60 bits per heavy atom. The van der Waals surface area contributed by atoms with E-state index in [1.807, 2.05) is 14.0 Å². The molecule has 0 aromatic heterocycles. The van der Waals surface area contributed by atoms with E-state index in [1.165, 1.54) is 0 Å². The van der Waals surface area contributed by atoms with E-state index in [0.717, 1.165) is 19.3 Å². The number of aliphatic hydroxyl groups is 1. The van der Waals surface area contributed by atoms with Gasteiger partial charge in [0.2, 0.25) is 0 Å². The Morgan fingerprint density at radius 3 is 2.80 bits per heavy atom. The SMILES string of the molecule is CC[C@@]12CC[C@@H](C[C@H](O)[C@@H]1C(=O)O)N2C. The zero-order valence-electron chi connectivity index (χ0n) is 9.31. The molecule has 4 nitrogen and oxygen atoms in total. The number of carboxylic acid groups (broad SMARTS) is 1. The fourth-order valence-electron chi connectivity index (χ4n) is 3.61. The van der Waals surface area contributed by atoms with Gasteiger partial charge in [0.15, 0.2) is 0 Å². The molecule has 2 bridgehead atoms. The molecule has 4 atom stereocenters. The second-order valence-corrected chi connectivity index (χ2v) is 4.88. The van der Waals surface area contributed by atoms with Crippen molar-refractivity contribution in [3.63, 3.8) is 0 Å². The molecule has 0 radical (unpaired) electrons. The predicted molar refractivity (Wildman–Crippen MR) is 55.6 cm³/mol. The topological polar surface area (TPSA) is 60.8 Å².